The van der Waals surface area contributed by atoms with Crippen molar-refractivity contribution in [3.8, 4) is 11.5 Å². The van der Waals surface area contributed by atoms with Gasteiger partial charge in [-0.05, 0) is 23.8 Å². The number of fused-ring (bicyclic) bond motifs is 5. The van der Waals surface area contributed by atoms with E-state index in [1.54, 1.807) is 7.11 Å². The summed E-state index contributed by atoms with van der Waals surface area (Å²) in [4.78, 5) is 28.8. The molecule has 0 bridgehead atoms. The minimum absolute atomic E-state index is 0.0990. The molecule has 2 aliphatic rings. The normalized spacial score (nSPS) is 23.0. The molecule has 5 nitrogen and oxygen atoms in total. The van der Waals surface area contributed by atoms with Gasteiger partial charge in [0.05, 0.1) is 23.3 Å². The standard InChI is InChI=1S/C20H15NO4S2/c1-24-11-8-6-10(7-9-11)16-15-14(17-18(26-16)21-20(23)27-17)12-4-2-3-5-13(12)25-19(15)22/h2-9,14-16H,1H3,(H,21,23)/t14-,15-,16-/m0/s1. The van der Waals surface area contributed by atoms with Gasteiger partial charge in [-0.3, -0.25) is 9.59 Å². The van der Waals surface area contributed by atoms with Gasteiger partial charge in [0.2, 0.25) is 0 Å². The van der Waals surface area contributed by atoms with E-state index in [1.807, 2.05) is 48.5 Å². The Bertz CT molecular complexity index is 1090. The van der Waals surface area contributed by atoms with Crippen molar-refractivity contribution in [3.05, 3.63) is 74.2 Å². The molecule has 2 aliphatic heterocycles. The molecule has 27 heavy (non-hydrogen) atoms. The van der Waals surface area contributed by atoms with E-state index in [9.17, 15) is 9.59 Å². The van der Waals surface area contributed by atoms with E-state index in [0.29, 0.717) is 5.75 Å². The lowest BCUT2D eigenvalue weighted by Crippen LogP contribution is -2.37. The molecular formula is C20H15NO4S2. The zero-order valence-corrected chi connectivity index (χ0v) is 15.9. The van der Waals surface area contributed by atoms with E-state index < -0.39 is 5.92 Å². The molecule has 1 N–H and O–H groups in total. The summed E-state index contributed by atoms with van der Waals surface area (Å²) in [6, 6.07) is 15.3. The number of H-pyrrole nitrogens is 1. The van der Waals surface area contributed by atoms with Crippen molar-refractivity contribution in [2.75, 3.05) is 7.11 Å². The molecular weight excluding hydrogens is 382 g/mol. The van der Waals surface area contributed by atoms with Crippen LogP contribution in [-0.2, 0) is 4.79 Å². The maximum atomic E-state index is 13.0. The van der Waals surface area contributed by atoms with E-state index in [-0.39, 0.29) is 22.0 Å². The van der Waals surface area contributed by atoms with Gasteiger partial charge >= 0.3 is 10.8 Å². The number of carbonyl (C=O) groups is 1. The molecule has 2 aromatic carbocycles. The number of thiazole rings is 1. The SMILES string of the molecule is COc1ccc([C@@H]2Sc3[nH]c(=O)sc3[C@H]3c4ccccc4OC(=O)[C@@H]32)cc1. The summed E-state index contributed by atoms with van der Waals surface area (Å²) >= 11 is 2.71. The van der Waals surface area contributed by atoms with Crippen molar-refractivity contribution in [1.82, 2.24) is 4.98 Å². The maximum absolute atomic E-state index is 13.0. The number of thioether (sulfide) groups is 1. The average Bonchev–Trinajstić information content (AvgIpc) is 3.07. The lowest BCUT2D eigenvalue weighted by Gasteiger charge is -2.39. The minimum Gasteiger partial charge on any atom is -0.497 e. The Morgan fingerprint density at radius 2 is 1.85 bits per heavy atom. The van der Waals surface area contributed by atoms with E-state index in [4.69, 9.17) is 9.47 Å². The highest BCUT2D eigenvalue weighted by molar-refractivity contribution is 7.99. The second-order valence-corrected chi connectivity index (χ2v) is 8.65. The first kappa shape index (κ1) is 16.6. The van der Waals surface area contributed by atoms with Crippen molar-refractivity contribution in [3.63, 3.8) is 0 Å². The third-order valence-electron chi connectivity index (χ3n) is 5.04. The van der Waals surface area contributed by atoms with E-state index >= 15 is 0 Å². The maximum Gasteiger partial charge on any atom is 0.316 e. The molecule has 136 valence electrons. The van der Waals surface area contributed by atoms with Gasteiger partial charge in [-0.2, -0.15) is 0 Å². The number of esters is 1. The number of benzene rings is 2. The number of carbonyl (C=O) groups excluding carboxylic acids is 1. The Labute approximate surface area is 163 Å². The molecule has 0 aliphatic carbocycles. The van der Waals surface area contributed by atoms with Gasteiger partial charge in [-0.1, -0.05) is 53.4 Å². The highest BCUT2D eigenvalue weighted by Crippen LogP contribution is 2.58. The molecule has 0 saturated heterocycles. The van der Waals surface area contributed by atoms with Gasteiger partial charge in [0.15, 0.2) is 0 Å². The summed E-state index contributed by atoms with van der Waals surface area (Å²) in [7, 11) is 1.62. The summed E-state index contributed by atoms with van der Waals surface area (Å²) in [6.45, 7) is 0. The molecule has 0 radical (unpaired) electrons. The van der Waals surface area contributed by atoms with Crippen LogP contribution in [0.5, 0.6) is 11.5 Å². The lowest BCUT2D eigenvalue weighted by molar-refractivity contribution is -0.140. The second kappa shape index (κ2) is 6.28. The molecule has 0 amide bonds. The monoisotopic (exact) mass is 397 g/mol. The lowest BCUT2D eigenvalue weighted by atomic mass is 9.78. The molecule has 3 heterocycles. The first-order valence-electron chi connectivity index (χ1n) is 8.50. The van der Waals surface area contributed by atoms with Gasteiger partial charge < -0.3 is 14.5 Å². The predicted octanol–water partition coefficient (Wildman–Crippen LogP) is 3.96. The van der Waals surface area contributed by atoms with Crippen molar-refractivity contribution in [2.24, 2.45) is 5.92 Å². The van der Waals surface area contributed by atoms with Crippen LogP contribution in [0.25, 0.3) is 0 Å². The first-order valence-corrected chi connectivity index (χ1v) is 10.2. The predicted molar refractivity (Wildman–Crippen MR) is 104 cm³/mol. The van der Waals surface area contributed by atoms with Crippen LogP contribution in [0.1, 0.15) is 27.2 Å². The quantitative estimate of drug-likeness (QED) is 0.524. The topological polar surface area (TPSA) is 68.4 Å². The molecule has 0 spiro atoms. The second-order valence-electron chi connectivity index (χ2n) is 6.48. The Hall–Kier alpha value is -2.51. The molecule has 0 saturated carbocycles. The Morgan fingerprint density at radius 1 is 1.07 bits per heavy atom. The number of aromatic nitrogens is 1. The van der Waals surface area contributed by atoms with Crippen LogP contribution in [0, 0.1) is 5.92 Å². The number of rotatable bonds is 2. The van der Waals surface area contributed by atoms with Gasteiger partial charge in [0, 0.05) is 16.4 Å². The fraction of sp³-hybridized carbons (Fsp3) is 0.200. The number of para-hydroxylation sites is 1. The van der Waals surface area contributed by atoms with Crippen molar-refractivity contribution in [2.45, 2.75) is 16.2 Å². The zero-order chi connectivity index (χ0) is 18.5. The molecule has 5 rings (SSSR count). The fourth-order valence-electron chi connectivity index (χ4n) is 3.83. The molecule has 3 atom stereocenters. The largest absolute Gasteiger partial charge is 0.497 e. The van der Waals surface area contributed by atoms with Crippen molar-refractivity contribution < 1.29 is 14.3 Å². The third kappa shape index (κ3) is 2.61. The smallest absolute Gasteiger partial charge is 0.316 e. The molecule has 0 fully saturated rings. The van der Waals surface area contributed by atoms with Crippen LogP contribution in [0.15, 0.2) is 58.4 Å². The van der Waals surface area contributed by atoms with E-state index in [1.165, 1.54) is 23.1 Å². The number of methoxy groups -OCH3 is 1. The first-order chi connectivity index (χ1) is 13.2. The fourth-order valence-corrected chi connectivity index (χ4v) is 6.41. The van der Waals surface area contributed by atoms with E-state index in [2.05, 4.69) is 4.98 Å². The number of hydrogen-bond acceptors (Lipinski definition) is 6. The minimum atomic E-state index is -0.391. The number of aromatic amines is 1. The molecule has 0 unspecified atom stereocenters. The van der Waals surface area contributed by atoms with Crippen molar-refractivity contribution in [1.29, 1.82) is 0 Å². The Balaban J connectivity index is 1.69. The summed E-state index contributed by atoms with van der Waals surface area (Å²) in [5.74, 6) is 0.513. The highest BCUT2D eigenvalue weighted by Gasteiger charge is 2.49. The summed E-state index contributed by atoms with van der Waals surface area (Å²) in [5.41, 5.74) is 1.96. The van der Waals surface area contributed by atoms with Crippen LogP contribution in [0.3, 0.4) is 0 Å². The van der Waals surface area contributed by atoms with Gasteiger partial charge in [0.25, 0.3) is 0 Å². The summed E-state index contributed by atoms with van der Waals surface area (Å²) < 4.78 is 10.9. The van der Waals surface area contributed by atoms with Crippen LogP contribution in [0.2, 0.25) is 0 Å². The third-order valence-corrected chi connectivity index (χ3v) is 7.51. The highest BCUT2D eigenvalue weighted by atomic mass is 32.2. The van der Waals surface area contributed by atoms with Crippen LogP contribution >= 0.6 is 23.1 Å². The number of hydrogen-bond donors (Lipinski definition) is 1. The zero-order valence-electron chi connectivity index (χ0n) is 14.3. The van der Waals surface area contributed by atoms with Gasteiger partial charge in [-0.15, -0.1) is 0 Å². The summed E-state index contributed by atoms with van der Waals surface area (Å²) in [5, 5.41) is 0.691. The van der Waals surface area contributed by atoms with Crippen LogP contribution in [-0.4, -0.2) is 18.1 Å². The molecule has 1 aromatic heterocycles. The Kier molecular flexibility index (Phi) is 3.87. The van der Waals surface area contributed by atoms with Gasteiger partial charge in [0.1, 0.15) is 11.5 Å². The van der Waals surface area contributed by atoms with Gasteiger partial charge in [-0.25, -0.2) is 0 Å². The van der Waals surface area contributed by atoms with Crippen LogP contribution < -0.4 is 14.3 Å². The Morgan fingerprint density at radius 3 is 2.63 bits per heavy atom. The van der Waals surface area contributed by atoms with Crippen LogP contribution in [0.4, 0.5) is 0 Å². The molecule has 7 heteroatoms. The number of ether oxygens (including phenoxy) is 2. The van der Waals surface area contributed by atoms with E-state index in [0.717, 1.165) is 26.8 Å². The average molecular weight is 397 g/mol. The molecule has 3 aromatic rings. The number of nitrogens with one attached hydrogen (secondary N) is 1. The van der Waals surface area contributed by atoms with Crippen molar-refractivity contribution >= 4 is 29.1 Å². The summed E-state index contributed by atoms with van der Waals surface area (Å²) in [6.07, 6.45) is 0.